The van der Waals surface area contributed by atoms with Crippen molar-refractivity contribution >= 4 is 5.97 Å². The third kappa shape index (κ3) is 5.08. The van der Waals surface area contributed by atoms with Crippen molar-refractivity contribution in [1.82, 2.24) is 0 Å². The van der Waals surface area contributed by atoms with E-state index in [1.807, 2.05) is 27.7 Å². The number of hydrogen-bond acceptors (Lipinski definition) is 3. The zero-order valence-electron chi connectivity index (χ0n) is 13.7. The van der Waals surface area contributed by atoms with Crippen molar-refractivity contribution in [2.75, 3.05) is 0 Å². The van der Waals surface area contributed by atoms with Gasteiger partial charge in [0.25, 0.3) is 0 Å². The molecule has 0 amide bonds. The minimum atomic E-state index is -0.560. The predicted octanol–water partition coefficient (Wildman–Crippen LogP) is 4.22. The maximum atomic E-state index is 12.2. The quantitative estimate of drug-likeness (QED) is 0.786. The second kappa shape index (κ2) is 7.44. The lowest BCUT2D eigenvalue weighted by Crippen LogP contribution is -2.32. The van der Waals surface area contributed by atoms with Crippen LogP contribution in [0.15, 0.2) is 0 Å². The van der Waals surface area contributed by atoms with E-state index < -0.39 is 11.0 Å². The average molecular weight is 284 g/mol. The van der Waals surface area contributed by atoms with Crippen molar-refractivity contribution in [1.29, 1.82) is 0 Å². The maximum Gasteiger partial charge on any atom is 0.311 e. The van der Waals surface area contributed by atoms with E-state index in [0.717, 1.165) is 57.8 Å². The van der Waals surface area contributed by atoms with Crippen LogP contribution in [0.4, 0.5) is 0 Å². The second-order valence-electron chi connectivity index (χ2n) is 6.98. The Bertz CT molecular complexity index is 311. The molecule has 0 bridgehead atoms. The van der Waals surface area contributed by atoms with E-state index in [9.17, 15) is 9.90 Å². The molecule has 3 heteroatoms. The SMILES string of the molecule is CCC1(O)CCCCCC(OC(=O)C(C)(C)CC)CC1. The van der Waals surface area contributed by atoms with Gasteiger partial charge in [0.15, 0.2) is 0 Å². The fourth-order valence-electron chi connectivity index (χ4n) is 2.63. The van der Waals surface area contributed by atoms with Crippen LogP contribution in [0.25, 0.3) is 0 Å². The van der Waals surface area contributed by atoms with Gasteiger partial charge in [0.05, 0.1) is 11.0 Å². The van der Waals surface area contributed by atoms with E-state index in [0.29, 0.717) is 0 Å². The third-order valence-corrected chi connectivity index (χ3v) is 4.97. The van der Waals surface area contributed by atoms with Gasteiger partial charge in [-0.15, -0.1) is 0 Å². The second-order valence-corrected chi connectivity index (χ2v) is 6.98. The van der Waals surface area contributed by atoms with Gasteiger partial charge in [0, 0.05) is 0 Å². The van der Waals surface area contributed by atoms with Crippen LogP contribution in [0.3, 0.4) is 0 Å². The lowest BCUT2D eigenvalue weighted by Gasteiger charge is -2.29. The lowest BCUT2D eigenvalue weighted by molar-refractivity contribution is -0.161. The summed E-state index contributed by atoms with van der Waals surface area (Å²) in [6.45, 7) is 7.93. The topological polar surface area (TPSA) is 46.5 Å². The molecule has 0 spiro atoms. The van der Waals surface area contributed by atoms with Crippen LogP contribution in [-0.2, 0) is 9.53 Å². The summed E-state index contributed by atoms with van der Waals surface area (Å²) in [5, 5.41) is 10.5. The van der Waals surface area contributed by atoms with E-state index in [4.69, 9.17) is 4.74 Å². The molecule has 0 radical (unpaired) electrons. The highest BCUT2D eigenvalue weighted by Gasteiger charge is 2.32. The molecular weight excluding hydrogens is 252 g/mol. The van der Waals surface area contributed by atoms with Crippen LogP contribution in [0.5, 0.6) is 0 Å². The molecule has 1 rings (SSSR count). The summed E-state index contributed by atoms with van der Waals surface area (Å²) in [5.74, 6) is -0.0933. The lowest BCUT2D eigenvalue weighted by atomic mass is 9.88. The van der Waals surface area contributed by atoms with Gasteiger partial charge < -0.3 is 9.84 Å². The summed E-state index contributed by atoms with van der Waals surface area (Å²) < 4.78 is 5.73. The standard InChI is InChI=1S/C17H32O3/c1-5-16(3,4)15(18)20-14-10-8-7-9-12-17(19,6-2)13-11-14/h14,19H,5-13H2,1-4H3. The van der Waals surface area contributed by atoms with Gasteiger partial charge >= 0.3 is 5.97 Å². The van der Waals surface area contributed by atoms with Gasteiger partial charge in [-0.3, -0.25) is 4.79 Å². The van der Waals surface area contributed by atoms with Crippen molar-refractivity contribution < 1.29 is 14.6 Å². The van der Waals surface area contributed by atoms with Gasteiger partial charge in [0.2, 0.25) is 0 Å². The Labute approximate surface area is 124 Å². The first-order chi connectivity index (χ1) is 9.33. The van der Waals surface area contributed by atoms with Gasteiger partial charge in [-0.1, -0.05) is 26.7 Å². The first-order valence-corrected chi connectivity index (χ1v) is 8.26. The number of rotatable bonds is 4. The Morgan fingerprint density at radius 3 is 2.50 bits per heavy atom. The molecule has 20 heavy (non-hydrogen) atoms. The molecule has 2 atom stereocenters. The summed E-state index contributed by atoms with van der Waals surface area (Å²) in [7, 11) is 0. The van der Waals surface area contributed by atoms with E-state index in [1.54, 1.807) is 0 Å². The average Bonchev–Trinajstić information content (AvgIpc) is 2.51. The molecule has 0 heterocycles. The summed E-state index contributed by atoms with van der Waals surface area (Å²) in [6, 6.07) is 0. The molecule has 0 aliphatic heterocycles. The minimum absolute atomic E-state index is 0.0236. The molecule has 118 valence electrons. The van der Waals surface area contributed by atoms with Crippen LogP contribution >= 0.6 is 0 Å². The first-order valence-electron chi connectivity index (χ1n) is 8.26. The van der Waals surface area contributed by atoms with Crippen molar-refractivity contribution in [2.45, 2.75) is 97.2 Å². The number of ether oxygens (including phenoxy) is 1. The number of aliphatic hydroxyl groups is 1. The molecule has 1 N–H and O–H groups in total. The number of esters is 1. The monoisotopic (exact) mass is 284 g/mol. The fraction of sp³-hybridized carbons (Fsp3) is 0.941. The Balaban J connectivity index is 2.62. The fourth-order valence-corrected chi connectivity index (χ4v) is 2.63. The van der Waals surface area contributed by atoms with Crippen LogP contribution < -0.4 is 0 Å². The minimum Gasteiger partial charge on any atom is -0.462 e. The van der Waals surface area contributed by atoms with Gasteiger partial charge in [-0.05, 0) is 58.8 Å². The molecule has 0 aromatic rings. The number of hydrogen-bond donors (Lipinski definition) is 1. The Hall–Kier alpha value is -0.570. The van der Waals surface area contributed by atoms with Crippen molar-refractivity contribution in [2.24, 2.45) is 5.41 Å². The molecular formula is C17H32O3. The van der Waals surface area contributed by atoms with E-state index in [-0.39, 0.29) is 12.1 Å². The first kappa shape index (κ1) is 17.5. The highest BCUT2D eigenvalue weighted by Crippen LogP contribution is 2.31. The number of carbonyl (C=O) groups excluding carboxylic acids is 1. The summed E-state index contributed by atoms with van der Waals surface area (Å²) in [5.41, 5.74) is -0.964. The molecule has 1 fully saturated rings. The molecule has 1 aliphatic carbocycles. The molecule has 1 saturated carbocycles. The van der Waals surface area contributed by atoms with Gasteiger partial charge in [-0.2, -0.15) is 0 Å². The van der Waals surface area contributed by atoms with Crippen LogP contribution in [0, 0.1) is 5.41 Å². The number of carbonyl (C=O) groups is 1. The van der Waals surface area contributed by atoms with Crippen LogP contribution in [-0.4, -0.2) is 22.8 Å². The normalized spacial score (nSPS) is 29.1. The van der Waals surface area contributed by atoms with Crippen molar-refractivity contribution in [3.63, 3.8) is 0 Å². The highest BCUT2D eigenvalue weighted by atomic mass is 16.5. The molecule has 2 unspecified atom stereocenters. The third-order valence-electron chi connectivity index (χ3n) is 4.97. The van der Waals surface area contributed by atoms with E-state index in [2.05, 4.69) is 0 Å². The van der Waals surface area contributed by atoms with Gasteiger partial charge in [0.1, 0.15) is 6.10 Å². The van der Waals surface area contributed by atoms with E-state index in [1.165, 1.54) is 0 Å². The maximum absolute atomic E-state index is 12.2. The summed E-state index contributed by atoms with van der Waals surface area (Å²) in [4.78, 5) is 12.2. The Morgan fingerprint density at radius 1 is 1.20 bits per heavy atom. The zero-order valence-corrected chi connectivity index (χ0v) is 13.7. The van der Waals surface area contributed by atoms with Crippen LogP contribution in [0.2, 0.25) is 0 Å². The van der Waals surface area contributed by atoms with Crippen molar-refractivity contribution in [3.05, 3.63) is 0 Å². The summed E-state index contributed by atoms with van der Waals surface area (Å²) in [6.07, 6.45) is 8.18. The molecule has 0 aromatic carbocycles. The van der Waals surface area contributed by atoms with E-state index >= 15 is 0 Å². The van der Waals surface area contributed by atoms with Crippen molar-refractivity contribution in [3.8, 4) is 0 Å². The Kier molecular flexibility index (Phi) is 6.50. The highest BCUT2D eigenvalue weighted by molar-refractivity contribution is 5.75. The smallest absolute Gasteiger partial charge is 0.311 e. The molecule has 3 nitrogen and oxygen atoms in total. The predicted molar refractivity (Wildman–Crippen MR) is 81.5 cm³/mol. The molecule has 0 aromatic heterocycles. The molecule has 0 saturated heterocycles. The summed E-state index contributed by atoms with van der Waals surface area (Å²) >= 11 is 0. The van der Waals surface area contributed by atoms with Crippen LogP contribution in [0.1, 0.15) is 85.5 Å². The molecule has 1 aliphatic rings. The van der Waals surface area contributed by atoms with Gasteiger partial charge in [-0.25, -0.2) is 0 Å². The Morgan fingerprint density at radius 2 is 1.90 bits per heavy atom. The largest absolute Gasteiger partial charge is 0.462 e. The zero-order chi connectivity index (χ0) is 15.2.